The fraction of sp³-hybridized carbons (Fsp3) is 0.333. The fourth-order valence-corrected chi connectivity index (χ4v) is 2.72. The van der Waals surface area contributed by atoms with Crippen molar-refractivity contribution in [3.63, 3.8) is 0 Å². The highest BCUT2D eigenvalue weighted by molar-refractivity contribution is 7.99. The Kier molecular flexibility index (Phi) is 6.08. The number of rotatable bonds is 5. The molecule has 1 aromatic rings. The second-order valence-corrected chi connectivity index (χ2v) is 6.51. The molecule has 0 aliphatic rings. The molecule has 0 aliphatic carbocycles. The third kappa shape index (κ3) is 4.62. The number of nitrogens with one attached hydrogen (secondary N) is 1. The van der Waals surface area contributed by atoms with E-state index in [-0.39, 0.29) is 5.56 Å². The maximum atomic E-state index is 12.8. The molecule has 130 valence electrons. The van der Waals surface area contributed by atoms with Crippen molar-refractivity contribution in [2.24, 2.45) is 5.73 Å². The van der Waals surface area contributed by atoms with E-state index in [4.69, 9.17) is 5.73 Å². The maximum Gasteiger partial charge on any atom is 0.472 e. The van der Waals surface area contributed by atoms with Crippen molar-refractivity contribution in [1.29, 1.82) is 0 Å². The summed E-state index contributed by atoms with van der Waals surface area (Å²) in [6.07, 6.45) is -6.75. The molecule has 4 N–H and O–H groups in total. The first-order valence-corrected chi connectivity index (χ1v) is 7.63. The van der Waals surface area contributed by atoms with Gasteiger partial charge in [-0.1, -0.05) is 12.1 Å². The van der Waals surface area contributed by atoms with Crippen LogP contribution in [0.4, 0.5) is 22.0 Å². The van der Waals surface area contributed by atoms with Crippen LogP contribution in [0.25, 0.3) is 0 Å². The van der Waals surface area contributed by atoms with Crippen molar-refractivity contribution in [3.8, 4) is 0 Å². The zero-order valence-electron chi connectivity index (χ0n) is 11.4. The first-order chi connectivity index (χ1) is 10.5. The molecule has 0 fully saturated rings. The average Bonchev–Trinajstić information content (AvgIpc) is 2.52. The standard InChI is InChI=1S/C12H13F5N2O3S/c13-5-9(18)10(20)7-1-3-8(4-2-7)23(22,6-14)19-11(21)12(15,16)17/h1-4,6,9-10,20H,5,18H2,(H,19,21,22). The lowest BCUT2D eigenvalue weighted by atomic mass is 10.0. The summed E-state index contributed by atoms with van der Waals surface area (Å²) in [4.78, 5) is 10.3. The molecule has 1 aromatic carbocycles. The number of carbonyl (C=O) groups is 1. The van der Waals surface area contributed by atoms with Crippen molar-refractivity contribution in [2.45, 2.75) is 23.2 Å². The summed E-state index contributed by atoms with van der Waals surface area (Å²) in [5.74, 6) is -2.57. The molecule has 11 heteroatoms. The third-order valence-corrected chi connectivity index (χ3v) is 4.49. The Morgan fingerprint density at radius 1 is 1.35 bits per heavy atom. The topological polar surface area (TPSA) is 92.4 Å². The van der Waals surface area contributed by atoms with Gasteiger partial charge in [-0.05, 0) is 17.7 Å². The molecule has 1 amide bonds. The number of alkyl halides is 4. The lowest BCUT2D eigenvalue weighted by Crippen LogP contribution is -2.41. The van der Waals surface area contributed by atoms with Gasteiger partial charge in [0.1, 0.15) is 16.4 Å². The minimum Gasteiger partial charge on any atom is -0.387 e. The van der Waals surface area contributed by atoms with Crippen LogP contribution in [0.1, 0.15) is 11.7 Å². The third-order valence-electron chi connectivity index (χ3n) is 2.78. The van der Waals surface area contributed by atoms with Gasteiger partial charge in [-0.25, -0.2) is 13.0 Å². The van der Waals surface area contributed by atoms with Crippen LogP contribution in [0.5, 0.6) is 0 Å². The number of aliphatic hydroxyl groups is 1. The van der Waals surface area contributed by atoms with Gasteiger partial charge in [0.25, 0.3) is 0 Å². The largest absolute Gasteiger partial charge is 0.472 e. The Bertz CT molecular complexity index is 668. The Morgan fingerprint density at radius 2 is 1.87 bits per heavy atom. The van der Waals surface area contributed by atoms with E-state index in [0.29, 0.717) is 0 Å². The highest BCUT2D eigenvalue weighted by Crippen LogP contribution is 2.21. The summed E-state index contributed by atoms with van der Waals surface area (Å²) >= 11 is 0. The molecule has 5 nitrogen and oxygen atoms in total. The smallest absolute Gasteiger partial charge is 0.387 e. The van der Waals surface area contributed by atoms with E-state index in [9.17, 15) is 36.1 Å². The van der Waals surface area contributed by atoms with Crippen LogP contribution >= 0.6 is 0 Å². The van der Waals surface area contributed by atoms with Crippen molar-refractivity contribution >= 4 is 21.2 Å². The molecular formula is C12H13F5N2O3S. The first-order valence-electron chi connectivity index (χ1n) is 6.01. The minimum absolute atomic E-state index is 0.0849. The van der Waals surface area contributed by atoms with Crippen molar-refractivity contribution < 1.29 is 36.1 Å². The zero-order chi connectivity index (χ0) is 17.8. The highest BCUT2D eigenvalue weighted by atomic mass is 32.2. The van der Waals surface area contributed by atoms with Crippen LogP contribution < -0.4 is 10.5 Å². The molecule has 23 heavy (non-hydrogen) atoms. The zero-order valence-corrected chi connectivity index (χ0v) is 12.2. The number of benzene rings is 1. The normalized spacial score (nSPS) is 17.0. The molecule has 0 saturated heterocycles. The molecule has 0 aromatic heterocycles. The Labute approximate surface area is 128 Å². The van der Waals surface area contributed by atoms with Crippen LogP contribution in [-0.4, -0.2) is 39.7 Å². The van der Waals surface area contributed by atoms with Crippen LogP contribution in [-0.2, 0) is 14.5 Å². The molecule has 3 atom stereocenters. The summed E-state index contributed by atoms with van der Waals surface area (Å²) < 4.78 is 74.8. The van der Waals surface area contributed by atoms with Crippen LogP contribution in [0.2, 0.25) is 0 Å². The lowest BCUT2D eigenvalue weighted by molar-refractivity contribution is -0.171. The Balaban J connectivity index is 3.10. The predicted octanol–water partition coefficient (Wildman–Crippen LogP) is 0.983. The second-order valence-electron chi connectivity index (χ2n) is 4.45. The average molecular weight is 360 g/mol. The van der Waals surface area contributed by atoms with Gasteiger partial charge in [0, 0.05) is 0 Å². The second kappa shape index (κ2) is 7.23. The van der Waals surface area contributed by atoms with Crippen molar-refractivity contribution in [1.82, 2.24) is 4.72 Å². The number of nitrogens with two attached hydrogens (primary N) is 1. The van der Waals surface area contributed by atoms with E-state index in [0.717, 1.165) is 29.0 Å². The molecule has 0 aliphatic heterocycles. The molecule has 0 bridgehead atoms. The molecule has 1 rings (SSSR count). The van der Waals surface area contributed by atoms with Gasteiger partial charge < -0.3 is 10.8 Å². The van der Waals surface area contributed by atoms with Crippen LogP contribution in [0.3, 0.4) is 0 Å². The van der Waals surface area contributed by atoms with Gasteiger partial charge in [0.2, 0.25) is 0 Å². The van der Waals surface area contributed by atoms with E-state index in [1.165, 1.54) is 0 Å². The summed E-state index contributed by atoms with van der Waals surface area (Å²) in [6, 6.07) is 2.79. The number of hydrogen-bond donors (Lipinski definition) is 3. The van der Waals surface area contributed by atoms with Gasteiger partial charge in [-0.15, -0.1) is 0 Å². The monoisotopic (exact) mass is 360 g/mol. The number of amides is 1. The van der Waals surface area contributed by atoms with E-state index in [2.05, 4.69) is 0 Å². The van der Waals surface area contributed by atoms with Gasteiger partial charge in [-0.2, -0.15) is 13.2 Å². The van der Waals surface area contributed by atoms with E-state index in [1.54, 1.807) is 0 Å². The van der Waals surface area contributed by atoms with Crippen LogP contribution in [0.15, 0.2) is 29.2 Å². The van der Waals surface area contributed by atoms with Crippen molar-refractivity contribution in [3.05, 3.63) is 29.8 Å². The first kappa shape index (κ1) is 19.3. The van der Waals surface area contributed by atoms with E-state index < -0.39 is 51.1 Å². The summed E-state index contributed by atoms with van der Waals surface area (Å²) in [5.41, 5.74) is 4.81. The summed E-state index contributed by atoms with van der Waals surface area (Å²) in [6.45, 7) is -1.03. The van der Waals surface area contributed by atoms with Gasteiger partial charge in [-0.3, -0.25) is 9.52 Å². The van der Waals surface area contributed by atoms with Gasteiger partial charge >= 0.3 is 12.1 Å². The Morgan fingerprint density at radius 3 is 2.26 bits per heavy atom. The maximum absolute atomic E-state index is 12.8. The number of aliphatic hydroxyl groups excluding tert-OH is 1. The molecule has 0 radical (unpaired) electrons. The molecule has 0 heterocycles. The van der Waals surface area contributed by atoms with Crippen molar-refractivity contribution in [2.75, 3.05) is 6.67 Å². The van der Waals surface area contributed by atoms with E-state index >= 15 is 0 Å². The minimum atomic E-state index is -5.34. The quantitative estimate of drug-likeness (QED) is 0.415. The van der Waals surface area contributed by atoms with Gasteiger partial charge in [0.15, 0.2) is 5.62 Å². The molecule has 0 spiro atoms. The fourth-order valence-electron chi connectivity index (χ4n) is 1.53. The van der Waals surface area contributed by atoms with Gasteiger partial charge in [0.05, 0.1) is 17.0 Å². The summed E-state index contributed by atoms with van der Waals surface area (Å²) in [7, 11) is -4.25. The molecule has 0 saturated carbocycles. The highest BCUT2D eigenvalue weighted by Gasteiger charge is 2.40. The number of hydrogen-bond acceptors (Lipinski definition) is 4. The SMILES string of the molecule is NC(CF)C(O)c1ccc(S(=O)(=CF)NC(=O)C(F)(F)F)cc1. The molecule has 3 unspecified atom stereocenters. The predicted molar refractivity (Wildman–Crippen MR) is 73.1 cm³/mol. The Hall–Kier alpha value is -1.72. The molecular weight excluding hydrogens is 347 g/mol. The van der Waals surface area contributed by atoms with Crippen LogP contribution in [0, 0.1) is 0 Å². The van der Waals surface area contributed by atoms with E-state index in [1.807, 2.05) is 0 Å². The summed E-state index contributed by atoms with van der Waals surface area (Å²) in [5, 5.41) is 9.66. The lowest BCUT2D eigenvalue weighted by Gasteiger charge is -2.17. The number of carbonyl (C=O) groups excluding carboxylic acids is 1. The number of halogens is 5.